The van der Waals surface area contributed by atoms with Crippen molar-refractivity contribution in [2.24, 2.45) is 5.92 Å². The Morgan fingerprint density at radius 1 is 1.25 bits per heavy atom. The minimum absolute atomic E-state index is 0.646. The van der Waals surface area contributed by atoms with Crippen LogP contribution < -0.4 is 5.32 Å². The second kappa shape index (κ2) is 5.33. The molecule has 1 aromatic rings. The van der Waals surface area contributed by atoms with E-state index >= 15 is 0 Å². The molecular formula is C14H22N2. The fourth-order valence-corrected chi connectivity index (χ4v) is 2.47. The molecule has 1 heterocycles. The van der Waals surface area contributed by atoms with Crippen molar-refractivity contribution < 1.29 is 0 Å². The van der Waals surface area contributed by atoms with Gasteiger partial charge in [-0.1, -0.05) is 19.8 Å². The summed E-state index contributed by atoms with van der Waals surface area (Å²) < 4.78 is 0. The van der Waals surface area contributed by atoms with Gasteiger partial charge in [0, 0.05) is 12.2 Å². The highest BCUT2D eigenvalue weighted by Crippen LogP contribution is 2.25. The molecular weight excluding hydrogens is 196 g/mol. The van der Waals surface area contributed by atoms with Gasteiger partial charge in [0.05, 0.1) is 11.9 Å². The molecule has 2 nitrogen and oxygen atoms in total. The van der Waals surface area contributed by atoms with E-state index in [1.54, 1.807) is 0 Å². The molecule has 88 valence electrons. The molecule has 1 fully saturated rings. The summed E-state index contributed by atoms with van der Waals surface area (Å²) in [4.78, 5) is 4.19. The Kier molecular flexibility index (Phi) is 3.81. The van der Waals surface area contributed by atoms with Gasteiger partial charge in [0.2, 0.25) is 0 Å². The van der Waals surface area contributed by atoms with E-state index in [0.29, 0.717) is 6.04 Å². The van der Waals surface area contributed by atoms with Crippen molar-refractivity contribution in [1.29, 1.82) is 0 Å². The summed E-state index contributed by atoms with van der Waals surface area (Å²) in [6.07, 6.45) is 10.5. The second-order valence-electron chi connectivity index (χ2n) is 5.15. The van der Waals surface area contributed by atoms with E-state index in [-0.39, 0.29) is 0 Å². The number of nitrogens with one attached hydrogen (secondary N) is 1. The first kappa shape index (κ1) is 11.4. The average Bonchev–Trinajstić information content (AvgIpc) is 2.47. The maximum atomic E-state index is 4.19. The summed E-state index contributed by atoms with van der Waals surface area (Å²) in [7, 11) is 0. The summed E-state index contributed by atoms with van der Waals surface area (Å²) in [6.45, 7) is 4.51. The van der Waals surface area contributed by atoms with Crippen molar-refractivity contribution in [3.8, 4) is 0 Å². The van der Waals surface area contributed by atoms with Crippen molar-refractivity contribution >= 4 is 5.69 Å². The lowest BCUT2D eigenvalue weighted by Crippen LogP contribution is -2.19. The molecule has 0 amide bonds. The zero-order valence-corrected chi connectivity index (χ0v) is 10.4. The molecule has 2 heteroatoms. The van der Waals surface area contributed by atoms with E-state index in [1.165, 1.54) is 43.4 Å². The van der Waals surface area contributed by atoms with Gasteiger partial charge in [0.25, 0.3) is 0 Å². The molecule has 0 bridgehead atoms. The number of rotatable bonds is 2. The number of anilines is 1. The minimum Gasteiger partial charge on any atom is -0.381 e. The molecule has 1 saturated carbocycles. The van der Waals surface area contributed by atoms with Crippen LogP contribution in [0, 0.1) is 12.8 Å². The van der Waals surface area contributed by atoms with Crippen molar-refractivity contribution in [3.05, 3.63) is 24.0 Å². The Balaban J connectivity index is 1.96. The highest BCUT2D eigenvalue weighted by molar-refractivity contribution is 5.48. The molecule has 2 unspecified atom stereocenters. The average molecular weight is 218 g/mol. The highest BCUT2D eigenvalue weighted by Gasteiger charge is 2.16. The smallest absolute Gasteiger partial charge is 0.0558 e. The van der Waals surface area contributed by atoms with Gasteiger partial charge in [-0.15, -0.1) is 0 Å². The first-order valence-electron chi connectivity index (χ1n) is 6.43. The van der Waals surface area contributed by atoms with E-state index in [9.17, 15) is 0 Å². The van der Waals surface area contributed by atoms with Gasteiger partial charge >= 0.3 is 0 Å². The van der Waals surface area contributed by atoms with Gasteiger partial charge in [-0.2, -0.15) is 0 Å². The van der Waals surface area contributed by atoms with E-state index in [4.69, 9.17) is 0 Å². The molecule has 0 radical (unpaired) electrons. The van der Waals surface area contributed by atoms with Gasteiger partial charge in [0.1, 0.15) is 0 Å². The van der Waals surface area contributed by atoms with Crippen LogP contribution in [0.15, 0.2) is 18.5 Å². The summed E-state index contributed by atoms with van der Waals surface area (Å²) in [5.41, 5.74) is 2.51. The van der Waals surface area contributed by atoms with E-state index in [2.05, 4.69) is 30.2 Å². The Morgan fingerprint density at radius 2 is 2.12 bits per heavy atom. The lowest BCUT2D eigenvalue weighted by Gasteiger charge is -2.18. The van der Waals surface area contributed by atoms with Gasteiger partial charge in [-0.3, -0.25) is 4.98 Å². The fraction of sp³-hybridized carbons (Fsp3) is 0.643. The molecule has 0 aromatic carbocycles. The second-order valence-corrected chi connectivity index (χ2v) is 5.15. The molecule has 2 atom stereocenters. The van der Waals surface area contributed by atoms with Gasteiger partial charge < -0.3 is 5.32 Å². The lowest BCUT2D eigenvalue weighted by atomic mass is 10.0. The fourth-order valence-electron chi connectivity index (χ4n) is 2.47. The van der Waals surface area contributed by atoms with Crippen LogP contribution in [0.4, 0.5) is 5.69 Å². The van der Waals surface area contributed by atoms with Gasteiger partial charge in [-0.25, -0.2) is 0 Å². The highest BCUT2D eigenvalue weighted by atomic mass is 14.9. The molecule has 1 aliphatic carbocycles. The van der Waals surface area contributed by atoms with Crippen LogP contribution in [0.2, 0.25) is 0 Å². The third kappa shape index (κ3) is 2.97. The molecule has 1 aliphatic rings. The molecule has 0 saturated heterocycles. The molecule has 16 heavy (non-hydrogen) atoms. The number of hydrogen-bond donors (Lipinski definition) is 1. The van der Waals surface area contributed by atoms with Gasteiger partial charge in [0.15, 0.2) is 0 Å². The van der Waals surface area contributed by atoms with Crippen LogP contribution in [0.25, 0.3) is 0 Å². The number of aryl methyl sites for hydroxylation is 1. The van der Waals surface area contributed by atoms with Crippen LogP contribution in [-0.2, 0) is 0 Å². The number of aromatic nitrogens is 1. The summed E-state index contributed by atoms with van der Waals surface area (Å²) in [6, 6.07) is 2.72. The maximum Gasteiger partial charge on any atom is 0.0558 e. The van der Waals surface area contributed by atoms with E-state index < -0.39 is 0 Å². The monoisotopic (exact) mass is 218 g/mol. The van der Waals surface area contributed by atoms with E-state index in [0.717, 1.165) is 5.92 Å². The van der Waals surface area contributed by atoms with Crippen molar-refractivity contribution in [2.75, 3.05) is 5.32 Å². The first-order valence-corrected chi connectivity index (χ1v) is 6.43. The van der Waals surface area contributed by atoms with Gasteiger partial charge in [-0.05, 0) is 43.7 Å². The quantitative estimate of drug-likeness (QED) is 0.764. The first-order chi connectivity index (χ1) is 7.75. The summed E-state index contributed by atoms with van der Waals surface area (Å²) >= 11 is 0. The van der Waals surface area contributed by atoms with Crippen LogP contribution in [0.5, 0.6) is 0 Å². The Hall–Kier alpha value is -1.05. The van der Waals surface area contributed by atoms with Crippen molar-refractivity contribution in [3.63, 3.8) is 0 Å². The molecule has 0 aliphatic heterocycles. The topological polar surface area (TPSA) is 24.9 Å². The molecule has 1 N–H and O–H groups in total. The van der Waals surface area contributed by atoms with E-state index in [1.807, 2.05) is 12.4 Å². The lowest BCUT2D eigenvalue weighted by molar-refractivity contribution is 0.502. The predicted molar refractivity (Wildman–Crippen MR) is 68.6 cm³/mol. The minimum atomic E-state index is 0.646. The van der Waals surface area contributed by atoms with Crippen LogP contribution in [-0.4, -0.2) is 11.0 Å². The van der Waals surface area contributed by atoms with Crippen LogP contribution in [0.1, 0.15) is 44.6 Å². The van der Waals surface area contributed by atoms with Crippen LogP contribution in [0.3, 0.4) is 0 Å². The number of nitrogens with zero attached hydrogens (tertiary/aromatic N) is 1. The zero-order valence-electron chi connectivity index (χ0n) is 10.4. The molecule has 1 aromatic heterocycles. The molecule has 0 spiro atoms. The van der Waals surface area contributed by atoms with Crippen molar-refractivity contribution in [2.45, 2.75) is 52.0 Å². The number of hydrogen-bond acceptors (Lipinski definition) is 2. The summed E-state index contributed by atoms with van der Waals surface area (Å²) in [5, 5.41) is 3.65. The standard InChI is InChI=1S/C14H22N2/c1-11-4-3-5-13(7-6-11)16-14-10-15-9-8-12(14)2/h8-11,13,16H,3-7H2,1-2H3. The maximum absolute atomic E-state index is 4.19. The predicted octanol–water partition coefficient (Wildman–Crippen LogP) is 3.77. The molecule has 2 rings (SSSR count). The Labute approximate surface area is 98.5 Å². The Bertz CT molecular complexity index is 335. The third-order valence-corrected chi connectivity index (χ3v) is 3.66. The normalized spacial score (nSPS) is 26.1. The van der Waals surface area contributed by atoms with Crippen molar-refractivity contribution in [1.82, 2.24) is 4.98 Å². The zero-order chi connectivity index (χ0) is 11.4. The third-order valence-electron chi connectivity index (χ3n) is 3.66. The number of pyridine rings is 1. The largest absolute Gasteiger partial charge is 0.381 e. The van der Waals surface area contributed by atoms with Crippen LogP contribution >= 0.6 is 0 Å². The SMILES string of the molecule is Cc1ccncc1NC1CCCC(C)CC1. The Morgan fingerprint density at radius 3 is 2.94 bits per heavy atom. The summed E-state index contributed by atoms with van der Waals surface area (Å²) in [5.74, 6) is 0.904.